The third kappa shape index (κ3) is 7.86. The number of aromatic nitrogens is 1. The van der Waals surface area contributed by atoms with E-state index in [2.05, 4.69) is 22.2 Å². The second-order valence-electron chi connectivity index (χ2n) is 5.78. The molecule has 5 nitrogen and oxygen atoms in total. The lowest BCUT2D eigenvalue weighted by Crippen LogP contribution is -2.32. The third-order valence-corrected chi connectivity index (χ3v) is 3.50. The summed E-state index contributed by atoms with van der Waals surface area (Å²) in [5.41, 5.74) is 6.81. The number of aliphatic imine (C=N–C) groups is 1. The van der Waals surface area contributed by atoms with Crippen LogP contribution in [-0.4, -0.2) is 31.6 Å². The van der Waals surface area contributed by atoms with E-state index in [1.807, 2.05) is 37.2 Å². The molecule has 1 aromatic heterocycles. The first-order chi connectivity index (χ1) is 10.6. The van der Waals surface area contributed by atoms with Crippen molar-refractivity contribution in [3.8, 4) is 0 Å². The Bertz CT molecular complexity index is 442. The van der Waals surface area contributed by atoms with Gasteiger partial charge in [0.05, 0.1) is 12.2 Å². The molecule has 0 bridgehead atoms. The van der Waals surface area contributed by atoms with E-state index in [0.717, 1.165) is 24.5 Å². The minimum atomic E-state index is 0.505. The third-order valence-electron chi connectivity index (χ3n) is 3.50. The summed E-state index contributed by atoms with van der Waals surface area (Å²) >= 11 is 0. The van der Waals surface area contributed by atoms with Gasteiger partial charge in [-0.15, -0.1) is 0 Å². The van der Waals surface area contributed by atoms with Gasteiger partial charge in [0.25, 0.3) is 0 Å². The molecule has 0 radical (unpaired) electrons. The molecule has 0 aliphatic rings. The standard InChI is InChI=1S/C17H31N5/c1-4-5-6-7-8-9-13-19-17(18)20-14-15-11-10-12-16(21-15)22(2)3/h10-12H,4-9,13-14H2,1-3H3,(H3,18,19,20). The summed E-state index contributed by atoms with van der Waals surface area (Å²) < 4.78 is 0. The summed E-state index contributed by atoms with van der Waals surface area (Å²) in [4.78, 5) is 10.8. The average molecular weight is 305 g/mol. The maximum atomic E-state index is 5.88. The van der Waals surface area contributed by atoms with Crippen molar-refractivity contribution in [3.05, 3.63) is 23.9 Å². The van der Waals surface area contributed by atoms with Crippen molar-refractivity contribution in [1.29, 1.82) is 0 Å². The number of guanidine groups is 1. The molecule has 0 saturated heterocycles. The highest BCUT2D eigenvalue weighted by Gasteiger charge is 1.99. The Labute approximate surface area is 135 Å². The summed E-state index contributed by atoms with van der Waals surface area (Å²) in [6, 6.07) is 5.94. The van der Waals surface area contributed by atoms with Crippen LogP contribution in [0.15, 0.2) is 23.2 Å². The predicted octanol–water partition coefficient (Wildman–Crippen LogP) is 2.91. The SMILES string of the molecule is CCCCCCCCNC(N)=NCc1cccc(N(C)C)n1. The van der Waals surface area contributed by atoms with Crippen molar-refractivity contribution < 1.29 is 0 Å². The zero-order valence-corrected chi connectivity index (χ0v) is 14.3. The zero-order chi connectivity index (χ0) is 16.2. The number of anilines is 1. The van der Waals surface area contributed by atoms with Crippen LogP contribution < -0.4 is 16.0 Å². The quantitative estimate of drug-likeness (QED) is 0.396. The van der Waals surface area contributed by atoms with Crippen molar-refractivity contribution in [2.75, 3.05) is 25.5 Å². The molecule has 3 N–H and O–H groups in total. The highest BCUT2D eigenvalue weighted by molar-refractivity contribution is 5.77. The van der Waals surface area contributed by atoms with Crippen LogP contribution in [0, 0.1) is 0 Å². The van der Waals surface area contributed by atoms with Crippen LogP contribution in [0.4, 0.5) is 5.82 Å². The molecular formula is C17H31N5. The van der Waals surface area contributed by atoms with Gasteiger partial charge < -0.3 is 16.0 Å². The summed E-state index contributed by atoms with van der Waals surface area (Å²) in [5.74, 6) is 1.44. The fourth-order valence-corrected chi connectivity index (χ4v) is 2.15. The summed E-state index contributed by atoms with van der Waals surface area (Å²) in [6.07, 6.45) is 7.69. The van der Waals surface area contributed by atoms with Crippen LogP contribution in [0.25, 0.3) is 0 Å². The Balaban J connectivity index is 2.24. The normalized spacial score (nSPS) is 11.5. The van der Waals surface area contributed by atoms with Gasteiger partial charge in [-0.2, -0.15) is 0 Å². The van der Waals surface area contributed by atoms with E-state index < -0.39 is 0 Å². The smallest absolute Gasteiger partial charge is 0.188 e. The maximum Gasteiger partial charge on any atom is 0.188 e. The van der Waals surface area contributed by atoms with Crippen molar-refractivity contribution in [1.82, 2.24) is 10.3 Å². The van der Waals surface area contributed by atoms with Gasteiger partial charge in [-0.25, -0.2) is 9.98 Å². The highest BCUT2D eigenvalue weighted by atomic mass is 15.1. The molecule has 0 atom stereocenters. The van der Waals surface area contributed by atoms with Crippen LogP contribution in [0.5, 0.6) is 0 Å². The van der Waals surface area contributed by atoms with E-state index in [1.165, 1.54) is 32.1 Å². The highest BCUT2D eigenvalue weighted by Crippen LogP contribution is 2.08. The molecule has 1 aromatic rings. The number of unbranched alkanes of at least 4 members (excludes halogenated alkanes) is 5. The molecule has 0 fully saturated rings. The Morgan fingerprint density at radius 1 is 1.18 bits per heavy atom. The van der Waals surface area contributed by atoms with Gasteiger partial charge in [0.15, 0.2) is 5.96 Å². The molecule has 5 heteroatoms. The molecule has 0 amide bonds. The Morgan fingerprint density at radius 3 is 2.64 bits per heavy atom. The molecule has 0 aliphatic heterocycles. The number of nitrogens with two attached hydrogens (primary N) is 1. The van der Waals surface area contributed by atoms with E-state index in [4.69, 9.17) is 5.73 Å². The summed E-state index contributed by atoms with van der Waals surface area (Å²) in [6.45, 7) is 3.64. The maximum absolute atomic E-state index is 5.88. The topological polar surface area (TPSA) is 66.5 Å². The second kappa shape index (κ2) is 10.9. The molecule has 0 spiro atoms. The van der Waals surface area contributed by atoms with Gasteiger partial charge in [0.1, 0.15) is 5.82 Å². The van der Waals surface area contributed by atoms with Gasteiger partial charge >= 0.3 is 0 Å². The van der Waals surface area contributed by atoms with Crippen molar-refractivity contribution in [3.63, 3.8) is 0 Å². The number of hydrogen-bond acceptors (Lipinski definition) is 3. The molecule has 0 aromatic carbocycles. The molecule has 0 saturated carbocycles. The molecule has 1 heterocycles. The largest absolute Gasteiger partial charge is 0.370 e. The molecule has 22 heavy (non-hydrogen) atoms. The molecule has 124 valence electrons. The fourth-order valence-electron chi connectivity index (χ4n) is 2.15. The fraction of sp³-hybridized carbons (Fsp3) is 0.647. The van der Waals surface area contributed by atoms with Gasteiger partial charge in [0, 0.05) is 20.6 Å². The van der Waals surface area contributed by atoms with Gasteiger partial charge in [-0.05, 0) is 18.6 Å². The first-order valence-electron chi connectivity index (χ1n) is 8.30. The van der Waals surface area contributed by atoms with E-state index in [9.17, 15) is 0 Å². The minimum Gasteiger partial charge on any atom is -0.370 e. The number of rotatable bonds is 10. The molecule has 1 rings (SSSR count). The number of nitrogens with one attached hydrogen (secondary N) is 1. The second-order valence-corrected chi connectivity index (χ2v) is 5.78. The molecular weight excluding hydrogens is 274 g/mol. The van der Waals surface area contributed by atoms with Crippen LogP contribution in [0.2, 0.25) is 0 Å². The number of hydrogen-bond donors (Lipinski definition) is 2. The van der Waals surface area contributed by atoms with Crippen LogP contribution >= 0.6 is 0 Å². The first kappa shape index (κ1) is 18.3. The minimum absolute atomic E-state index is 0.505. The monoisotopic (exact) mass is 305 g/mol. The van der Waals surface area contributed by atoms with E-state index in [1.54, 1.807) is 0 Å². The lowest BCUT2D eigenvalue weighted by molar-refractivity contribution is 0.601. The van der Waals surface area contributed by atoms with Gasteiger partial charge in [-0.1, -0.05) is 45.1 Å². The molecule has 0 unspecified atom stereocenters. The van der Waals surface area contributed by atoms with Crippen LogP contribution in [-0.2, 0) is 6.54 Å². The number of nitrogens with zero attached hydrogens (tertiary/aromatic N) is 3. The van der Waals surface area contributed by atoms with Crippen LogP contribution in [0.1, 0.15) is 51.1 Å². The Hall–Kier alpha value is -1.78. The van der Waals surface area contributed by atoms with Crippen molar-refractivity contribution >= 4 is 11.8 Å². The zero-order valence-electron chi connectivity index (χ0n) is 14.3. The lowest BCUT2D eigenvalue weighted by Gasteiger charge is -2.11. The first-order valence-corrected chi connectivity index (χ1v) is 8.30. The number of pyridine rings is 1. The average Bonchev–Trinajstić information content (AvgIpc) is 2.52. The Kier molecular flexibility index (Phi) is 9.03. The van der Waals surface area contributed by atoms with Crippen molar-refractivity contribution in [2.45, 2.75) is 52.0 Å². The summed E-state index contributed by atoms with van der Waals surface area (Å²) in [7, 11) is 3.96. The van der Waals surface area contributed by atoms with Crippen LogP contribution in [0.3, 0.4) is 0 Å². The lowest BCUT2D eigenvalue weighted by atomic mass is 10.1. The van der Waals surface area contributed by atoms with E-state index >= 15 is 0 Å². The predicted molar refractivity (Wildman–Crippen MR) is 95.3 cm³/mol. The molecule has 0 aliphatic carbocycles. The Morgan fingerprint density at radius 2 is 1.91 bits per heavy atom. The van der Waals surface area contributed by atoms with E-state index in [0.29, 0.717) is 12.5 Å². The summed E-state index contributed by atoms with van der Waals surface area (Å²) in [5, 5.41) is 3.17. The van der Waals surface area contributed by atoms with E-state index in [-0.39, 0.29) is 0 Å². The van der Waals surface area contributed by atoms with Gasteiger partial charge in [-0.3, -0.25) is 0 Å². The van der Waals surface area contributed by atoms with Crippen molar-refractivity contribution in [2.24, 2.45) is 10.7 Å². The van der Waals surface area contributed by atoms with Gasteiger partial charge in [0.2, 0.25) is 0 Å².